The zero-order valence-electron chi connectivity index (χ0n) is 11.4. The summed E-state index contributed by atoms with van der Waals surface area (Å²) in [5.74, 6) is -3.22. The number of carboxylic acid groups (broad SMARTS) is 1. The Morgan fingerprint density at radius 3 is 2.52 bits per heavy atom. The lowest BCUT2D eigenvalue weighted by Crippen LogP contribution is -2.09. The Labute approximate surface area is 121 Å². The van der Waals surface area contributed by atoms with Gasteiger partial charge in [-0.3, -0.25) is 9.48 Å². The fourth-order valence-electron chi connectivity index (χ4n) is 1.73. The fourth-order valence-corrected chi connectivity index (χ4v) is 1.73. The Kier molecular flexibility index (Phi) is 4.18. The van der Waals surface area contributed by atoms with E-state index in [2.05, 4.69) is 5.10 Å². The number of rotatable bonds is 5. The topological polar surface area (TPSA) is 92.4 Å². The van der Waals surface area contributed by atoms with Crippen LogP contribution in [0, 0.1) is 6.92 Å². The molecule has 2 N–H and O–H groups in total. The molecule has 1 aromatic carbocycles. The first kappa shape index (κ1) is 14.5. The van der Waals surface area contributed by atoms with Gasteiger partial charge in [-0.1, -0.05) is 29.8 Å². The molecule has 0 aliphatic carbocycles. The van der Waals surface area contributed by atoms with E-state index >= 15 is 0 Å². The molecule has 2 aromatic rings. The second kappa shape index (κ2) is 6.04. The van der Waals surface area contributed by atoms with E-state index in [0.29, 0.717) is 12.6 Å². The van der Waals surface area contributed by atoms with Gasteiger partial charge in [-0.25, -0.2) is 4.79 Å². The van der Waals surface area contributed by atoms with E-state index in [-0.39, 0.29) is 5.56 Å². The predicted molar refractivity (Wildman–Crippen MR) is 75.8 cm³/mol. The van der Waals surface area contributed by atoms with Crippen molar-refractivity contribution in [1.29, 1.82) is 0 Å². The van der Waals surface area contributed by atoms with Gasteiger partial charge in [0.15, 0.2) is 0 Å². The van der Waals surface area contributed by atoms with Crippen LogP contribution in [-0.4, -0.2) is 31.7 Å². The zero-order valence-corrected chi connectivity index (χ0v) is 11.4. The lowest BCUT2D eigenvalue weighted by molar-refractivity contribution is -0.146. The first-order valence-electron chi connectivity index (χ1n) is 6.22. The number of benzene rings is 1. The standard InChI is InChI=1S/C15H14N2O4/c1-10-2-4-11(5-3-10)8-17-9-12(7-16-17)13(18)6-14(19)15(20)21/h2-7,9,18H,8H2,1H3,(H,20,21). The molecule has 0 bridgehead atoms. The summed E-state index contributed by atoms with van der Waals surface area (Å²) in [6, 6.07) is 7.92. The minimum absolute atomic E-state index is 0.289. The minimum Gasteiger partial charge on any atom is -0.507 e. The Hall–Kier alpha value is -2.89. The van der Waals surface area contributed by atoms with Crippen LogP contribution < -0.4 is 0 Å². The first-order chi connectivity index (χ1) is 9.95. The molecule has 0 spiro atoms. The summed E-state index contributed by atoms with van der Waals surface area (Å²) in [7, 11) is 0. The number of nitrogens with zero attached hydrogens (tertiary/aromatic N) is 2. The largest absolute Gasteiger partial charge is 0.507 e. The van der Waals surface area contributed by atoms with Crippen LogP contribution in [0.4, 0.5) is 0 Å². The molecule has 6 heteroatoms. The van der Waals surface area contributed by atoms with Gasteiger partial charge in [0.1, 0.15) is 5.76 Å². The van der Waals surface area contributed by atoms with Gasteiger partial charge in [0.2, 0.25) is 0 Å². The summed E-state index contributed by atoms with van der Waals surface area (Å²) in [4.78, 5) is 21.4. The molecular weight excluding hydrogens is 272 g/mol. The highest BCUT2D eigenvalue weighted by Crippen LogP contribution is 2.12. The zero-order chi connectivity index (χ0) is 15.4. The molecule has 0 amide bonds. The molecule has 0 atom stereocenters. The third-order valence-corrected chi connectivity index (χ3v) is 2.87. The molecule has 2 rings (SSSR count). The predicted octanol–water partition coefficient (Wildman–Crippen LogP) is 1.79. The van der Waals surface area contributed by atoms with Gasteiger partial charge in [-0.15, -0.1) is 0 Å². The molecular formula is C15H14N2O4. The third-order valence-electron chi connectivity index (χ3n) is 2.87. The summed E-state index contributed by atoms with van der Waals surface area (Å²) in [6.07, 6.45) is 3.57. The van der Waals surface area contributed by atoms with Crippen molar-refractivity contribution in [3.05, 3.63) is 59.4 Å². The average Bonchev–Trinajstić information content (AvgIpc) is 2.90. The summed E-state index contributed by atoms with van der Waals surface area (Å²) < 4.78 is 1.59. The van der Waals surface area contributed by atoms with Crippen molar-refractivity contribution in [2.24, 2.45) is 0 Å². The molecule has 0 unspecified atom stereocenters. The van der Waals surface area contributed by atoms with E-state index in [9.17, 15) is 14.7 Å². The van der Waals surface area contributed by atoms with E-state index in [1.165, 1.54) is 6.20 Å². The second-order valence-corrected chi connectivity index (χ2v) is 4.61. The van der Waals surface area contributed by atoms with Crippen LogP contribution in [0.2, 0.25) is 0 Å². The highest BCUT2D eigenvalue weighted by atomic mass is 16.4. The van der Waals surface area contributed by atoms with Crippen LogP contribution in [0.3, 0.4) is 0 Å². The van der Waals surface area contributed by atoms with Gasteiger partial charge in [0, 0.05) is 12.3 Å². The summed E-state index contributed by atoms with van der Waals surface area (Å²) in [5.41, 5.74) is 2.49. The highest BCUT2D eigenvalue weighted by molar-refractivity contribution is 6.38. The fraction of sp³-hybridized carbons (Fsp3) is 0.133. The van der Waals surface area contributed by atoms with Gasteiger partial charge in [0.25, 0.3) is 5.78 Å². The van der Waals surface area contributed by atoms with Crippen LogP contribution in [0.15, 0.2) is 42.7 Å². The maximum atomic E-state index is 11.0. The number of carbonyl (C=O) groups excluding carboxylic acids is 1. The smallest absolute Gasteiger partial charge is 0.376 e. The minimum atomic E-state index is -1.62. The SMILES string of the molecule is Cc1ccc(Cn2cc(C(O)=CC(=O)C(=O)O)cn2)cc1. The van der Waals surface area contributed by atoms with Crippen molar-refractivity contribution < 1.29 is 19.8 Å². The quantitative estimate of drug-likeness (QED) is 0.496. The van der Waals surface area contributed by atoms with Crippen LogP contribution >= 0.6 is 0 Å². The first-order valence-corrected chi connectivity index (χ1v) is 6.22. The molecule has 0 saturated heterocycles. The molecule has 6 nitrogen and oxygen atoms in total. The lowest BCUT2D eigenvalue weighted by atomic mass is 10.1. The number of ketones is 1. The Morgan fingerprint density at radius 1 is 1.24 bits per heavy atom. The molecule has 21 heavy (non-hydrogen) atoms. The van der Waals surface area contributed by atoms with Gasteiger partial charge in [0.05, 0.1) is 18.3 Å². The van der Waals surface area contributed by atoms with E-state index in [1.54, 1.807) is 10.9 Å². The number of aryl methyl sites for hydroxylation is 1. The number of aliphatic carboxylic acids is 1. The molecule has 0 radical (unpaired) electrons. The Balaban J connectivity index is 2.12. The summed E-state index contributed by atoms with van der Waals surface area (Å²) in [6.45, 7) is 2.51. The van der Waals surface area contributed by atoms with Gasteiger partial charge < -0.3 is 10.2 Å². The van der Waals surface area contributed by atoms with Crippen molar-refractivity contribution >= 4 is 17.5 Å². The number of aliphatic hydroxyl groups is 1. The van der Waals surface area contributed by atoms with E-state index in [0.717, 1.165) is 11.1 Å². The van der Waals surface area contributed by atoms with Gasteiger partial charge in [-0.05, 0) is 12.5 Å². The van der Waals surface area contributed by atoms with Gasteiger partial charge in [-0.2, -0.15) is 5.10 Å². The van der Waals surface area contributed by atoms with Crippen molar-refractivity contribution in [3.63, 3.8) is 0 Å². The molecule has 0 aliphatic rings. The van der Waals surface area contributed by atoms with Crippen molar-refractivity contribution in [2.45, 2.75) is 13.5 Å². The molecule has 1 aromatic heterocycles. The number of carbonyl (C=O) groups is 2. The van der Waals surface area contributed by atoms with Crippen molar-refractivity contribution in [1.82, 2.24) is 9.78 Å². The maximum absolute atomic E-state index is 11.0. The van der Waals surface area contributed by atoms with E-state index in [4.69, 9.17) is 5.11 Å². The number of carboxylic acids is 1. The number of aliphatic hydroxyl groups excluding tert-OH is 1. The molecule has 1 heterocycles. The summed E-state index contributed by atoms with van der Waals surface area (Å²) >= 11 is 0. The monoisotopic (exact) mass is 286 g/mol. The molecule has 0 saturated carbocycles. The van der Waals surface area contributed by atoms with Crippen molar-refractivity contribution in [3.8, 4) is 0 Å². The van der Waals surface area contributed by atoms with Crippen LogP contribution in [-0.2, 0) is 16.1 Å². The number of aromatic nitrogens is 2. The molecule has 108 valence electrons. The second-order valence-electron chi connectivity index (χ2n) is 4.61. The lowest BCUT2D eigenvalue weighted by Gasteiger charge is -2.02. The molecule has 0 aliphatic heterocycles. The Bertz CT molecular complexity index is 699. The van der Waals surface area contributed by atoms with Crippen LogP contribution in [0.5, 0.6) is 0 Å². The Morgan fingerprint density at radius 2 is 1.90 bits per heavy atom. The van der Waals surface area contributed by atoms with E-state index < -0.39 is 17.5 Å². The molecule has 0 fully saturated rings. The third kappa shape index (κ3) is 3.79. The maximum Gasteiger partial charge on any atom is 0.376 e. The number of hydrogen-bond donors (Lipinski definition) is 2. The highest BCUT2D eigenvalue weighted by Gasteiger charge is 2.11. The number of hydrogen-bond acceptors (Lipinski definition) is 4. The van der Waals surface area contributed by atoms with Crippen LogP contribution in [0.1, 0.15) is 16.7 Å². The van der Waals surface area contributed by atoms with Crippen molar-refractivity contribution in [2.75, 3.05) is 0 Å². The van der Waals surface area contributed by atoms with Crippen LogP contribution in [0.25, 0.3) is 5.76 Å². The van der Waals surface area contributed by atoms with E-state index in [1.807, 2.05) is 31.2 Å². The average molecular weight is 286 g/mol. The normalized spacial score (nSPS) is 11.4. The van der Waals surface area contributed by atoms with Gasteiger partial charge >= 0.3 is 5.97 Å². The summed E-state index contributed by atoms with van der Waals surface area (Å²) in [5, 5.41) is 22.2.